The van der Waals surface area contributed by atoms with E-state index in [2.05, 4.69) is 21.3 Å². The molecular formula is C35H18F10N2O6. The third-order valence-corrected chi connectivity index (χ3v) is 7.49. The van der Waals surface area contributed by atoms with Crippen molar-refractivity contribution in [3.05, 3.63) is 123 Å². The van der Waals surface area contributed by atoms with Gasteiger partial charge in [0.2, 0.25) is 81.5 Å². The van der Waals surface area contributed by atoms with Crippen LogP contribution in [0.25, 0.3) is 0 Å². The van der Waals surface area contributed by atoms with Crippen molar-refractivity contribution in [3.8, 4) is 23.3 Å². The molecule has 0 unspecified atom stereocenters. The Bertz CT molecular complexity index is 2110. The van der Waals surface area contributed by atoms with Gasteiger partial charge in [-0.05, 0) is 23.8 Å². The number of benzene rings is 4. The molecule has 274 valence electrons. The average Bonchev–Trinajstić information content (AvgIpc) is 3.14. The molecule has 53 heavy (non-hydrogen) atoms. The van der Waals surface area contributed by atoms with E-state index in [1.807, 2.05) is 0 Å². The predicted octanol–water partition coefficient (Wildman–Crippen LogP) is 6.14. The Hall–Kier alpha value is -6.38. The molecule has 0 bridgehead atoms. The molecule has 2 amide bonds. The van der Waals surface area contributed by atoms with Gasteiger partial charge in [0.15, 0.2) is 0 Å². The fourth-order valence-electron chi connectivity index (χ4n) is 4.90. The lowest BCUT2D eigenvalue weighted by atomic mass is 10.0. The van der Waals surface area contributed by atoms with Gasteiger partial charge in [-0.25, -0.2) is 35.9 Å². The first-order valence-corrected chi connectivity index (χ1v) is 14.8. The molecule has 0 N–H and O–H groups in total. The third kappa shape index (κ3) is 7.78. The normalized spacial score (nSPS) is 11.7. The van der Waals surface area contributed by atoms with Gasteiger partial charge < -0.3 is 19.3 Å². The minimum atomic E-state index is -2.60. The Morgan fingerprint density at radius 2 is 0.981 bits per heavy atom. The molecule has 0 saturated carbocycles. The zero-order chi connectivity index (χ0) is 38.7. The fourth-order valence-corrected chi connectivity index (χ4v) is 4.90. The van der Waals surface area contributed by atoms with E-state index in [0.717, 1.165) is 0 Å². The second-order valence-electron chi connectivity index (χ2n) is 10.9. The van der Waals surface area contributed by atoms with E-state index in [1.54, 1.807) is 48.5 Å². The highest BCUT2D eigenvalue weighted by Crippen LogP contribution is 2.31. The zero-order valence-electron chi connectivity index (χ0n) is 26.3. The van der Waals surface area contributed by atoms with E-state index >= 15 is 0 Å². The molecule has 5 rings (SSSR count). The molecule has 0 spiro atoms. The van der Waals surface area contributed by atoms with Crippen LogP contribution in [0.1, 0.15) is 29.5 Å². The molecule has 0 aromatic heterocycles. The van der Waals surface area contributed by atoms with E-state index < -0.39 is 119 Å². The first-order chi connectivity index (χ1) is 25.1. The first kappa shape index (κ1) is 37.9. The number of para-hydroxylation sites is 1. The summed E-state index contributed by atoms with van der Waals surface area (Å²) in [6.45, 7) is -3.19. The smallest absolute Gasteiger partial charge is 0.331 e. The molecule has 1 aliphatic heterocycles. The second kappa shape index (κ2) is 15.5. The number of halogens is 10. The van der Waals surface area contributed by atoms with Crippen LogP contribution in [-0.2, 0) is 25.7 Å². The van der Waals surface area contributed by atoms with Gasteiger partial charge >= 0.3 is 11.9 Å². The molecule has 0 aliphatic carbocycles. The van der Waals surface area contributed by atoms with E-state index in [0.29, 0.717) is 22.4 Å². The monoisotopic (exact) mass is 752 g/mol. The van der Waals surface area contributed by atoms with Crippen molar-refractivity contribution in [1.82, 2.24) is 4.90 Å². The van der Waals surface area contributed by atoms with Gasteiger partial charge in [-0.15, -0.1) is 0 Å². The molecule has 1 heterocycles. The lowest BCUT2D eigenvalue weighted by Crippen LogP contribution is -2.42. The van der Waals surface area contributed by atoms with Crippen LogP contribution in [-0.4, -0.2) is 41.7 Å². The molecule has 1 aliphatic rings. The summed E-state index contributed by atoms with van der Waals surface area (Å²) in [5.74, 6) is -29.9. The van der Waals surface area contributed by atoms with Crippen LogP contribution in [0.2, 0.25) is 0 Å². The van der Waals surface area contributed by atoms with Crippen LogP contribution in [0.4, 0.5) is 49.6 Å². The summed E-state index contributed by atoms with van der Waals surface area (Å²) in [7, 11) is 0. The van der Waals surface area contributed by atoms with Crippen LogP contribution < -0.4 is 14.4 Å². The van der Waals surface area contributed by atoms with Crippen molar-refractivity contribution in [2.45, 2.75) is 19.4 Å². The molecule has 4 aromatic rings. The summed E-state index contributed by atoms with van der Waals surface area (Å²) in [4.78, 5) is 53.6. The number of carbonyl (C=O) groups excluding carboxylic acids is 4. The van der Waals surface area contributed by atoms with Crippen molar-refractivity contribution >= 4 is 29.4 Å². The average molecular weight is 753 g/mol. The Kier molecular flexibility index (Phi) is 11.1. The van der Waals surface area contributed by atoms with Gasteiger partial charge in [0.25, 0.3) is 0 Å². The van der Waals surface area contributed by atoms with Crippen LogP contribution in [0.5, 0.6) is 11.5 Å². The highest BCUT2D eigenvalue weighted by Gasteiger charge is 2.33. The SMILES string of the molecule is O=C(CN(CC(=O)Oc1c(F)c(F)c(F)c(F)c1F)C(=O)CCC(=O)N1Cc2ccccc2C#Cc2ccccc21)Oc1c(F)c(F)c(F)c(F)c1F. The van der Waals surface area contributed by atoms with E-state index in [9.17, 15) is 63.1 Å². The Morgan fingerprint density at radius 1 is 0.566 bits per heavy atom. The van der Waals surface area contributed by atoms with Gasteiger partial charge in [-0.3, -0.25) is 9.59 Å². The number of hydrogen-bond donors (Lipinski definition) is 0. The molecular weight excluding hydrogens is 734 g/mol. The molecule has 8 nitrogen and oxygen atoms in total. The van der Waals surface area contributed by atoms with Crippen molar-refractivity contribution < 1.29 is 72.6 Å². The van der Waals surface area contributed by atoms with E-state index in [1.165, 1.54) is 4.90 Å². The number of nitrogens with zero attached hydrogens (tertiary/aromatic N) is 2. The van der Waals surface area contributed by atoms with Crippen molar-refractivity contribution in [2.75, 3.05) is 18.0 Å². The summed E-state index contributed by atoms with van der Waals surface area (Å²) in [6, 6.07) is 13.2. The number of rotatable bonds is 9. The number of esters is 2. The second-order valence-corrected chi connectivity index (χ2v) is 10.9. The number of carbonyl (C=O) groups is 4. The molecule has 0 fully saturated rings. The zero-order valence-corrected chi connectivity index (χ0v) is 26.3. The number of amides is 2. The summed E-state index contributed by atoms with van der Waals surface area (Å²) in [5.41, 5.74) is 1.96. The lowest BCUT2D eigenvalue weighted by molar-refractivity contribution is -0.147. The van der Waals surface area contributed by atoms with Gasteiger partial charge in [0.05, 0.1) is 12.2 Å². The lowest BCUT2D eigenvalue weighted by Gasteiger charge is -2.26. The standard InChI is InChI=1S/C35H18F10N2O6/c36-24-26(38)30(42)34(31(43)27(24)39)52-22(50)14-46(15-23(51)53-35-32(44)28(40)25(37)29(41)33(35)45)20(48)11-12-21(49)47-13-18-7-2-1-5-16(18)9-10-17-6-3-4-8-19(17)47/h1-8H,11-15H2. The molecule has 0 atom stereocenters. The molecule has 0 radical (unpaired) electrons. The van der Waals surface area contributed by atoms with Gasteiger partial charge in [0.1, 0.15) is 13.1 Å². The first-order valence-electron chi connectivity index (χ1n) is 14.8. The van der Waals surface area contributed by atoms with Crippen LogP contribution in [0.3, 0.4) is 0 Å². The fraction of sp³-hybridized carbons (Fsp3) is 0.143. The topological polar surface area (TPSA) is 93.2 Å². The highest BCUT2D eigenvalue weighted by atomic mass is 19.2. The number of hydrogen-bond acceptors (Lipinski definition) is 6. The maximum absolute atomic E-state index is 14.2. The summed E-state index contributed by atoms with van der Waals surface area (Å²) in [5, 5.41) is 0. The van der Waals surface area contributed by atoms with Crippen molar-refractivity contribution in [3.63, 3.8) is 0 Å². The maximum Gasteiger partial charge on any atom is 0.331 e. The quantitative estimate of drug-likeness (QED) is 0.0510. The van der Waals surface area contributed by atoms with Crippen LogP contribution in [0, 0.1) is 70.0 Å². The highest BCUT2D eigenvalue weighted by molar-refractivity contribution is 5.97. The summed E-state index contributed by atoms with van der Waals surface area (Å²) < 4.78 is 147. The molecule has 4 aromatic carbocycles. The third-order valence-electron chi connectivity index (χ3n) is 7.49. The van der Waals surface area contributed by atoms with E-state index in [4.69, 9.17) is 0 Å². The van der Waals surface area contributed by atoms with Crippen LogP contribution >= 0.6 is 0 Å². The van der Waals surface area contributed by atoms with Crippen LogP contribution in [0.15, 0.2) is 48.5 Å². The van der Waals surface area contributed by atoms with E-state index in [-0.39, 0.29) is 11.4 Å². The Balaban J connectivity index is 1.39. The predicted molar refractivity (Wildman–Crippen MR) is 160 cm³/mol. The number of fused-ring (bicyclic) bond motifs is 2. The maximum atomic E-state index is 14.2. The molecule has 0 saturated heterocycles. The van der Waals surface area contributed by atoms with Gasteiger partial charge in [0, 0.05) is 24.0 Å². The minimum Gasteiger partial charge on any atom is -0.419 e. The number of anilines is 1. The number of ether oxygens (including phenoxy) is 2. The van der Waals surface area contributed by atoms with Crippen molar-refractivity contribution in [1.29, 1.82) is 0 Å². The minimum absolute atomic E-state index is 0.0406. The Morgan fingerprint density at radius 3 is 1.49 bits per heavy atom. The summed E-state index contributed by atoms with van der Waals surface area (Å²) in [6.07, 6.45) is -1.56. The van der Waals surface area contributed by atoms with Gasteiger partial charge in [-0.1, -0.05) is 42.2 Å². The van der Waals surface area contributed by atoms with Crippen molar-refractivity contribution in [2.24, 2.45) is 0 Å². The van der Waals surface area contributed by atoms with Gasteiger partial charge in [-0.2, -0.15) is 17.6 Å². The largest absolute Gasteiger partial charge is 0.419 e. The molecule has 18 heteroatoms. The Labute approximate surface area is 291 Å². The summed E-state index contributed by atoms with van der Waals surface area (Å²) >= 11 is 0.